The van der Waals surface area contributed by atoms with Crippen LogP contribution in [0.5, 0.6) is 0 Å². The van der Waals surface area contributed by atoms with Gasteiger partial charge in [0.1, 0.15) is 6.04 Å². The Bertz CT molecular complexity index is 2840. The molecule has 0 bridgehead atoms. The number of fused-ring (bicyclic) bond motifs is 3. The molecule has 11 rings (SSSR count). The number of carbonyl (C=O) groups excluding carboxylic acids is 3. The molecular weight excluding hydrogens is 773 g/mol. The van der Waals surface area contributed by atoms with E-state index in [0.717, 1.165) is 111 Å². The molecule has 1 spiro atoms. The summed E-state index contributed by atoms with van der Waals surface area (Å²) in [5.74, 6) is -0.119. The van der Waals surface area contributed by atoms with Crippen molar-refractivity contribution < 1.29 is 14.4 Å². The lowest BCUT2D eigenvalue weighted by Crippen LogP contribution is -2.60. The van der Waals surface area contributed by atoms with E-state index in [4.69, 9.17) is 10.1 Å². The van der Waals surface area contributed by atoms with Gasteiger partial charge < -0.3 is 20.4 Å². The largest absolute Gasteiger partial charge is 0.385 e. The van der Waals surface area contributed by atoms with Gasteiger partial charge >= 0.3 is 5.69 Å². The fourth-order valence-corrected chi connectivity index (χ4v) is 10.0. The number of carbonyl (C=O) groups is 3. The predicted molar refractivity (Wildman–Crippen MR) is 231 cm³/mol. The van der Waals surface area contributed by atoms with Crippen LogP contribution in [0.4, 0.5) is 22.9 Å². The van der Waals surface area contributed by atoms with E-state index < -0.39 is 11.9 Å². The van der Waals surface area contributed by atoms with Crippen LogP contribution in [0.25, 0.3) is 27.9 Å². The van der Waals surface area contributed by atoms with E-state index in [-0.39, 0.29) is 35.4 Å². The quantitative estimate of drug-likeness (QED) is 0.180. The molecule has 1 saturated carbocycles. The monoisotopic (exact) mass is 820 g/mol. The standard InChI is InChI=1S/C45H48N12O4/c1-46-33-22-39(51-57-38(23-48-41(33)57)43(60)49-28-6-7-28)55-17-13-31-30(4-3-5-34(31)55)32-20-27(12-16-47-32)24-53-18-14-45(15-19-53)25-54(26-45)29-8-9-35-37(21-29)52(2)44(61)56(35)36-10-11-40(58)50-42(36)59/h3-5,8-9,12,16,20-23,28,36,46H,6-7,10-11,13-15,17-19,24-26H2,1-2H3,(H,49,60)(H,50,58,59). The number of aryl methyl sites for hydroxylation is 1. The first-order valence-electron chi connectivity index (χ1n) is 21.4. The predicted octanol–water partition coefficient (Wildman–Crippen LogP) is 4.15. The molecule has 2 aromatic carbocycles. The van der Waals surface area contributed by atoms with E-state index in [2.05, 4.69) is 78.1 Å². The van der Waals surface area contributed by atoms with Crippen LogP contribution in [0.3, 0.4) is 0 Å². The number of rotatable bonds is 9. The van der Waals surface area contributed by atoms with Gasteiger partial charge in [-0.1, -0.05) is 12.1 Å². The van der Waals surface area contributed by atoms with Crippen molar-refractivity contribution in [3.8, 4) is 11.3 Å². The molecule has 16 heteroatoms. The second-order valence-electron chi connectivity index (χ2n) is 17.5. The van der Waals surface area contributed by atoms with Crippen molar-refractivity contribution in [1.29, 1.82) is 0 Å². The number of amides is 3. The number of nitrogens with one attached hydrogen (secondary N) is 3. The highest BCUT2D eigenvalue weighted by atomic mass is 16.2. The van der Waals surface area contributed by atoms with E-state index in [0.29, 0.717) is 23.3 Å². The molecular formula is C45H48N12O4. The summed E-state index contributed by atoms with van der Waals surface area (Å²) in [6.07, 6.45) is 9.18. The number of hydrogen-bond donors (Lipinski definition) is 3. The first-order chi connectivity index (χ1) is 29.6. The Kier molecular flexibility index (Phi) is 8.77. The van der Waals surface area contributed by atoms with E-state index in [1.807, 2.05) is 25.4 Å². The topological polar surface area (TPSA) is 167 Å². The van der Waals surface area contributed by atoms with Crippen molar-refractivity contribution in [3.63, 3.8) is 0 Å². The van der Waals surface area contributed by atoms with Crippen LogP contribution in [0.2, 0.25) is 0 Å². The van der Waals surface area contributed by atoms with Crippen LogP contribution in [0, 0.1) is 5.41 Å². The van der Waals surface area contributed by atoms with Crippen molar-refractivity contribution in [3.05, 3.63) is 94.3 Å². The second-order valence-corrected chi connectivity index (χ2v) is 17.5. The first kappa shape index (κ1) is 37.4. The van der Waals surface area contributed by atoms with E-state index >= 15 is 0 Å². The molecule has 1 aliphatic carbocycles. The number of anilines is 4. The Balaban J connectivity index is 0.755. The van der Waals surface area contributed by atoms with Gasteiger partial charge in [-0.05, 0) is 99.1 Å². The van der Waals surface area contributed by atoms with Crippen LogP contribution in [-0.4, -0.2) is 97.2 Å². The number of pyridine rings is 1. The maximum absolute atomic E-state index is 13.3. The fourth-order valence-electron chi connectivity index (χ4n) is 10.0. The van der Waals surface area contributed by atoms with Crippen LogP contribution >= 0.6 is 0 Å². The Hall–Kier alpha value is -6.55. The smallest absolute Gasteiger partial charge is 0.329 e. The van der Waals surface area contributed by atoms with Gasteiger partial charge in [0.2, 0.25) is 11.8 Å². The minimum Gasteiger partial charge on any atom is -0.385 e. The summed E-state index contributed by atoms with van der Waals surface area (Å²) in [7, 11) is 3.60. The molecule has 1 unspecified atom stereocenters. The van der Waals surface area contributed by atoms with Gasteiger partial charge in [-0.25, -0.2) is 14.3 Å². The Morgan fingerprint density at radius 3 is 2.56 bits per heavy atom. The average Bonchev–Trinajstić information content (AvgIpc) is 3.69. The van der Waals surface area contributed by atoms with Gasteiger partial charge in [-0.2, -0.15) is 0 Å². The molecule has 3 amide bonds. The second kappa shape index (κ2) is 14.3. The summed E-state index contributed by atoms with van der Waals surface area (Å²) in [6.45, 7) is 5.62. The number of piperidine rings is 2. The van der Waals surface area contributed by atoms with E-state index in [1.165, 1.54) is 15.7 Å². The van der Waals surface area contributed by atoms with Crippen LogP contribution in [-0.2, 0) is 29.6 Å². The Labute approximate surface area is 351 Å². The van der Waals surface area contributed by atoms with Crippen molar-refractivity contribution in [2.45, 2.75) is 63.6 Å². The molecule has 4 aromatic heterocycles. The molecule has 0 radical (unpaired) electrons. The third-order valence-electron chi connectivity index (χ3n) is 13.6. The zero-order valence-electron chi connectivity index (χ0n) is 34.4. The SMILES string of the molecule is CNc1cc(N2CCc3c(-c4cc(CN5CCC6(CC5)CN(c5ccc7c(c5)n(C)c(=O)n7C5CCC(=O)NC5=O)C6)ccn4)cccc32)nn2c(C(=O)NC3CC3)cnc12. The number of hydrogen-bond acceptors (Lipinski definition) is 11. The summed E-state index contributed by atoms with van der Waals surface area (Å²) in [6, 6.07) is 18.4. The number of aromatic nitrogens is 6. The fraction of sp³-hybridized carbons (Fsp3) is 0.400. The summed E-state index contributed by atoms with van der Waals surface area (Å²) in [5.41, 5.74) is 10.1. The minimum atomic E-state index is -0.690. The highest BCUT2D eigenvalue weighted by Crippen LogP contribution is 2.44. The van der Waals surface area contributed by atoms with Crippen molar-refractivity contribution in [2.75, 3.05) is 54.9 Å². The van der Waals surface area contributed by atoms with Gasteiger partial charge in [0.25, 0.3) is 5.91 Å². The summed E-state index contributed by atoms with van der Waals surface area (Å²) < 4.78 is 4.81. The van der Waals surface area contributed by atoms with Crippen LogP contribution in [0.15, 0.2) is 71.8 Å². The summed E-state index contributed by atoms with van der Waals surface area (Å²) in [5, 5.41) is 13.7. The number of likely N-dealkylation sites (tertiary alicyclic amines) is 1. The molecule has 4 aliphatic heterocycles. The van der Waals surface area contributed by atoms with Gasteiger partial charge in [0.15, 0.2) is 17.2 Å². The normalized spacial score (nSPS) is 20.0. The van der Waals surface area contributed by atoms with E-state index in [1.54, 1.807) is 22.3 Å². The van der Waals surface area contributed by atoms with Crippen LogP contribution < -0.4 is 31.4 Å². The molecule has 16 nitrogen and oxygen atoms in total. The maximum atomic E-state index is 13.3. The number of nitrogens with zero attached hydrogens (tertiary/aromatic N) is 9. The molecule has 312 valence electrons. The minimum absolute atomic E-state index is 0.154. The molecule has 6 aromatic rings. The third kappa shape index (κ3) is 6.42. The summed E-state index contributed by atoms with van der Waals surface area (Å²) >= 11 is 0. The number of imide groups is 1. The van der Waals surface area contributed by atoms with Crippen molar-refractivity contribution in [2.24, 2.45) is 12.5 Å². The number of benzene rings is 2. The Morgan fingerprint density at radius 1 is 0.934 bits per heavy atom. The maximum Gasteiger partial charge on any atom is 0.329 e. The highest BCUT2D eigenvalue weighted by molar-refractivity contribution is 6.00. The van der Waals surface area contributed by atoms with Crippen molar-refractivity contribution in [1.82, 2.24) is 44.2 Å². The van der Waals surface area contributed by atoms with Gasteiger partial charge in [0.05, 0.1) is 28.6 Å². The number of imidazole rings is 2. The third-order valence-corrected chi connectivity index (χ3v) is 13.6. The van der Waals surface area contributed by atoms with Gasteiger partial charge in [-0.15, -0.1) is 5.10 Å². The first-order valence-corrected chi connectivity index (χ1v) is 21.4. The van der Waals surface area contributed by atoms with Crippen LogP contribution in [0.1, 0.15) is 66.2 Å². The van der Waals surface area contributed by atoms with Crippen molar-refractivity contribution >= 4 is 57.3 Å². The molecule has 61 heavy (non-hydrogen) atoms. The average molecular weight is 821 g/mol. The van der Waals surface area contributed by atoms with Gasteiger partial charge in [-0.3, -0.25) is 38.7 Å². The highest BCUT2D eigenvalue weighted by Gasteiger charge is 2.45. The van der Waals surface area contributed by atoms with E-state index in [9.17, 15) is 19.2 Å². The zero-order valence-corrected chi connectivity index (χ0v) is 34.4. The molecule has 5 aliphatic rings. The lowest BCUT2D eigenvalue weighted by molar-refractivity contribution is -0.135. The van der Waals surface area contributed by atoms with Gasteiger partial charge in [0, 0.05) is 87.4 Å². The molecule has 1 atom stereocenters. The Morgan fingerprint density at radius 2 is 1.77 bits per heavy atom. The zero-order chi connectivity index (χ0) is 41.6. The molecule has 3 saturated heterocycles. The molecule has 4 fully saturated rings. The lowest BCUT2D eigenvalue weighted by atomic mass is 9.71. The molecule has 3 N–H and O–H groups in total. The molecule has 8 heterocycles. The summed E-state index contributed by atoms with van der Waals surface area (Å²) in [4.78, 5) is 67.3. The lowest BCUT2D eigenvalue weighted by Gasteiger charge is -2.55.